The van der Waals surface area contributed by atoms with Crippen molar-refractivity contribution >= 4 is 41.5 Å². The number of likely N-dealkylation sites (N-methyl/N-ethyl adjacent to an activating group) is 2. The molecule has 4 rings (SSSR count). The minimum atomic E-state index is -0.910. The molecule has 2 aromatic carbocycles. The summed E-state index contributed by atoms with van der Waals surface area (Å²) in [5.41, 5.74) is 6.25. The Bertz CT molecular complexity index is 1250. The van der Waals surface area contributed by atoms with Gasteiger partial charge in [0.25, 0.3) is 11.8 Å². The number of nitrogens with one attached hydrogen (secondary N) is 2. The van der Waals surface area contributed by atoms with Crippen molar-refractivity contribution in [1.82, 2.24) is 15.2 Å². The van der Waals surface area contributed by atoms with Gasteiger partial charge in [0.15, 0.2) is 0 Å². The van der Waals surface area contributed by atoms with Crippen LogP contribution in [-0.4, -0.2) is 76.9 Å². The zero-order valence-electron chi connectivity index (χ0n) is 19.4. The van der Waals surface area contributed by atoms with Crippen LogP contribution >= 0.6 is 0 Å². The molecule has 1 unspecified atom stereocenters. The van der Waals surface area contributed by atoms with E-state index in [4.69, 9.17) is 0 Å². The number of carbonyl (C=O) groups excluding carboxylic acids is 3. The number of nitrogens with zero attached hydrogens (tertiary/aromatic N) is 5. The van der Waals surface area contributed by atoms with Crippen molar-refractivity contribution in [3.8, 4) is 0 Å². The van der Waals surface area contributed by atoms with Crippen molar-refractivity contribution < 1.29 is 19.0 Å². The van der Waals surface area contributed by atoms with E-state index in [1.165, 1.54) is 16.5 Å². The number of aliphatic imine (C=N–C) groups is 1. The molecule has 34 heavy (non-hydrogen) atoms. The highest BCUT2D eigenvalue weighted by Gasteiger charge is 2.51. The fourth-order valence-corrected chi connectivity index (χ4v) is 3.74. The van der Waals surface area contributed by atoms with Gasteiger partial charge in [0.05, 0.1) is 11.9 Å². The number of urea groups is 1. The highest BCUT2D eigenvalue weighted by molar-refractivity contribution is 6.23. The number of benzene rings is 2. The summed E-state index contributed by atoms with van der Waals surface area (Å²) in [6.07, 6.45) is 1.55. The van der Waals surface area contributed by atoms with E-state index in [2.05, 4.69) is 20.8 Å². The molecular weight excluding hydrogens is 434 g/mol. The largest absolute Gasteiger partial charge is 0.395 e. The Labute approximate surface area is 197 Å². The van der Waals surface area contributed by atoms with E-state index in [0.717, 1.165) is 27.3 Å². The molecule has 2 heterocycles. The lowest BCUT2D eigenvalue weighted by Crippen LogP contribution is -2.62. The van der Waals surface area contributed by atoms with E-state index in [1.54, 1.807) is 13.3 Å². The Morgan fingerprint density at radius 3 is 2.53 bits per heavy atom. The third-order valence-electron chi connectivity index (χ3n) is 5.60. The number of amidine groups is 1. The van der Waals surface area contributed by atoms with Crippen molar-refractivity contribution in [1.29, 1.82) is 0 Å². The smallest absolute Gasteiger partial charge is 0.270 e. The summed E-state index contributed by atoms with van der Waals surface area (Å²) in [5.74, 6) is -0.331. The molecule has 0 aromatic heterocycles. The molecule has 0 saturated carbocycles. The minimum absolute atomic E-state index is 0.196. The molecule has 0 spiro atoms. The van der Waals surface area contributed by atoms with Gasteiger partial charge in [-0.15, -0.1) is 0 Å². The number of anilines is 1. The normalized spacial score (nSPS) is 17.9. The fourth-order valence-electron chi connectivity index (χ4n) is 3.74. The zero-order chi connectivity index (χ0) is 24.4. The molecule has 2 aliphatic rings. The molecule has 174 valence electrons. The van der Waals surface area contributed by atoms with Gasteiger partial charge in [-0.3, -0.25) is 19.4 Å². The van der Waals surface area contributed by atoms with Gasteiger partial charge in [-0.25, -0.2) is 20.1 Å². The van der Waals surface area contributed by atoms with Crippen LogP contribution in [0.15, 0.2) is 58.6 Å². The number of aryl methyl sites for hydroxylation is 2. The summed E-state index contributed by atoms with van der Waals surface area (Å²) in [6, 6.07) is 13.9. The second kappa shape index (κ2) is 9.26. The molecule has 10 nitrogen and oxygen atoms in total. The molecular formula is C24H26N7O3+. The van der Waals surface area contributed by atoms with Crippen LogP contribution in [0.3, 0.4) is 0 Å². The van der Waals surface area contributed by atoms with Gasteiger partial charge < -0.3 is 0 Å². The highest BCUT2D eigenvalue weighted by Crippen LogP contribution is 2.20. The number of fused-ring (bicyclic) bond motifs is 1. The average Bonchev–Trinajstić information content (AvgIpc) is 3.15. The maximum absolute atomic E-state index is 13.0. The van der Waals surface area contributed by atoms with Crippen LogP contribution in [-0.2, 0) is 9.59 Å². The van der Waals surface area contributed by atoms with Gasteiger partial charge >= 0.3 is 12.0 Å². The Morgan fingerprint density at radius 2 is 1.82 bits per heavy atom. The highest BCUT2D eigenvalue weighted by atomic mass is 16.2. The summed E-state index contributed by atoms with van der Waals surface area (Å²) in [5, 5.41) is 7.20. The van der Waals surface area contributed by atoms with E-state index in [9.17, 15) is 14.4 Å². The third-order valence-corrected chi connectivity index (χ3v) is 5.60. The summed E-state index contributed by atoms with van der Waals surface area (Å²) in [6.45, 7) is 3.75. The number of hydrogen-bond donors (Lipinski definition) is 2. The number of amides is 4. The molecule has 2 aliphatic heterocycles. The van der Waals surface area contributed by atoms with Crippen LogP contribution in [0.5, 0.6) is 0 Å². The average molecular weight is 461 g/mol. The zero-order valence-corrected chi connectivity index (χ0v) is 19.4. The SMILES string of the molecule is Cc1ccc(/C=N/NC(=O)C[N+]2=C(Nc3cccc(C)c3)N=C3C2C(=O)N(C)C(=O)N3C)cc1. The Kier molecular flexibility index (Phi) is 6.22. The second-order valence-corrected chi connectivity index (χ2v) is 8.26. The summed E-state index contributed by atoms with van der Waals surface area (Å²) in [4.78, 5) is 45.0. The number of imide groups is 1. The van der Waals surface area contributed by atoms with Crippen LogP contribution in [0.2, 0.25) is 0 Å². The molecule has 10 heteroatoms. The standard InChI is InChI=1S/C24H25N7O3/c1-15-8-10-17(11-9-15)13-25-28-19(32)14-31-20-21(29(3)24(34)30(4)22(20)33)27-23(31)26-18-7-5-6-16(2)12-18/h5-13,20H,14H2,1-4H3,(H,28,32)/p+1/b25-13+. The van der Waals surface area contributed by atoms with Crippen molar-refractivity contribution in [2.45, 2.75) is 19.9 Å². The monoisotopic (exact) mass is 460 g/mol. The van der Waals surface area contributed by atoms with Crippen molar-refractivity contribution in [2.24, 2.45) is 10.1 Å². The van der Waals surface area contributed by atoms with Crippen molar-refractivity contribution in [3.05, 3.63) is 65.2 Å². The summed E-state index contributed by atoms with van der Waals surface area (Å²) < 4.78 is 1.54. The fraction of sp³-hybridized carbons (Fsp3) is 0.250. The molecule has 0 aliphatic carbocycles. The van der Waals surface area contributed by atoms with Gasteiger partial charge in [-0.2, -0.15) is 5.10 Å². The predicted molar refractivity (Wildman–Crippen MR) is 129 cm³/mol. The van der Waals surface area contributed by atoms with Crippen molar-refractivity contribution in [3.63, 3.8) is 0 Å². The van der Waals surface area contributed by atoms with E-state index in [0.29, 0.717) is 5.96 Å². The molecule has 1 saturated heterocycles. The van der Waals surface area contributed by atoms with Crippen LogP contribution in [0, 0.1) is 13.8 Å². The first-order chi connectivity index (χ1) is 16.2. The molecule has 0 radical (unpaired) electrons. The lowest BCUT2D eigenvalue weighted by atomic mass is 10.1. The van der Waals surface area contributed by atoms with Gasteiger partial charge in [-0.1, -0.05) is 47.0 Å². The minimum Gasteiger partial charge on any atom is -0.270 e. The molecule has 1 fully saturated rings. The Balaban J connectivity index is 1.59. The second-order valence-electron chi connectivity index (χ2n) is 8.26. The van der Waals surface area contributed by atoms with Crippen LogP contribution in [0.4, 0.5) is 10.5 Å². The number of hydrazone groups is 1. The molecule has 1 atom stereocenters. The quantitative estimate of drug-likeness (QED) is 0.401. The van der Waals surface area contributed by atoms with E-state index < -0.39 is 23.9 Å². The van der Waals surface area contributed by atoms with E-state index in [-0.39, 0.29) is 12.4 Å². The maximum Gasteiger partial charge on any atom is 0.395 e. The first kappa shape index (κ1) is 22.8. The van der Waals surface area contributed by atoms with Crippen LogP contribution < -0.4 is 10.7 Å². The van der Waals surface area contributed by atoms with Crippen LogP contribution in [0.1, 0.15) is 16.7 Å². The number of hydrogen-bond acceptors (Lipinski definition) is 6. The number of rotatable bonds is 5. The van der Waals surface area contributed by atoms with Gasteiger partial charge in [0.2, 0.25) is 11.9 Å². The van der Waals surface area contributed by atoms with Gasteiger partial charge in [-0.05, 0) is 37.1 Å². The van der Waals surface area contributed by atoms with Crippen molar-refractivity contribution in [2.75, 3.05) is 26.0 Å². The Morgan fingerprint density at radius 1 is 1.09 bits per heavy atom. The topological polar surface area (TPSA) is 109 Å². The van der Waals surface area contributed by atoms with E-state index in [1.807, 2.05) is 62.4 Å². The molecule has 4 amide bonds. The lowest BCUT2D eigenvalue weighted by Gasteiger charge is -2.31. The molecule has 2 aromatic rings. The van der Waals surface area contributed by atoms with Gasteiger partial charge in [0, 0.05) is 14.1 Å². The number of guanidine groups is 1. The van der Waals surface area contributed by atoms with Crippen LogP contribution in [0.25, 0.3) is 0 Å². The molecule has 0 bridgehead atoms. The molecule has 2 N–H and O–H groups in total. The lowest BCUT2D eigenvalue weighted by molar-refractivity contribution is -0.524. The summed E-state index contributed by atoms with van der Waals surface area (Å²) in [7, 11) is 2.96. The first-order valence-corrected chi connectivity index (χ1v) is 10.7. The number of carbonyl (C=O) groups is 3. The third kappa shape index (κ3) is 4.56. The summed E-state index contributed by atoms with van der Waals surface area (Å²) >= 11 is 0. The van der Waals surface area contributed by atoms with E-state index >= 15 is 0 Å². The Hall–Kier alpha value is -4.34. The first-order valence-electron chi connectivity index (χ1n) is 10.7. The predicted octanol–water partition coefficient (Wildman–Crippen LogP) is 1.54. The van der Waals surface area contributed by atoms with Gasteiger partial charge in [0.1, 0.15) is 6.54 Å². The maximum atomic E-state index is 13.0.